The van der Waals surface area contributed by atoms with E-state index in [4.69, 9.17) is 9.84 Å². The van der Waals surface area contributed by atoms with Crippen molar-refractivity contribution in [3.63, 3.8) is 0 Å². The average molecular weight is 360 g/mol. The lowest BCUT2D eigenvalue weighted by molar-refractivity contribution is 0.0696. The number of aryl methyl sites for hydroxylation is 1. The summed E-state index contributed by atoms with van der Waals surface area (Å²) in [6, 6.07) is 8.61. The van der Waals surface area contributed by atoms with Crippen molar-refractivity contribution in [2.24, 2.45) is 0 Å². The highest BCUT2D eigenvalue weighted by atomic mass is 32.2. The Labute approximate surface area is 148 Å². The summed E-state index contributed by atoms with van der Waals surface area (Å²) in [6.07, 6.45) is 2.36. The number of carbonyl (C=O) groups is 1. The van der Waals surface area contributed by atoms with Gasteiger partial charge in [-0.15, -0.1) is 0 Å². The van der Waals surface area contributed by atoms with Gasteiger partial charge in [-0.25, -0.2) is 9.00 Å². The molecule has 0 radical (unpaired) electrons. The molecule has 2 N–H and O–H groups in total. The molecule has 1 heterocycles. The molecule has 25 heavy (non-hydrogen) atoms. The molecule has 3 rings (SSSR count). The number of aliphatic hydroxyl groups is 1. The maximum Gasteiger partial charge on any atom is 0.335 e. The van der Waals surface area contributed by atoms with Gasteiger partial charge in [0.05, 0.1) is 27.9 Å². The van der Waals surface area contributed by atoms with Gasteiger partial charge in [0.25, 0.3) is 0 Å². The molecule has 0 aliphatic carbocycles. The van der Waals surface area contributed by atoms with Gasteiger partial charge in [-0.05, 0) is 47.4 Å². The molecule has 1 unspecified atom stereocenters. The number of aromatic carboxylic acids is 1. The van der Waals surface area contributed by atoms with Gasteiger partial charge < -0.3 is 14.9 Å². The van der Waals surface area contributed by atoms with E-state index in [1.165, 1.54) is 6.07 Å². The van der Waals surface area contributed by atoms with Crippen molar-refractivity contribution >= 4 is 16.8 Å². The van der Waals surface area contributed by atoms with Gasteiger partial charge in [-0.1, -0.05) is 19.4 Å². The maximum atomic E-state index is 13.1. The number of hydrogen-bond donors (Lipinski definition) is 2. The van der Waals surface area contributed by atoms with Crippen LogP contribution in [0.25, 0.3) is 0 Å². The normalized spacial score (nSPS) is 15.4. The third-order valence-electron chi connectivity index (χ3n) is 4.15. The number of benzene rings is 2. The topological polar surface area (TPSA) is 83.8 Å². The van der Waals surface area contributed by atoms with Gasteiger partial charge >= 0.3 is 5.97 Å². The molecule has 0 saturated carbocycles. The van der Waals surface area contributed by atoms with Crippen LogP contribution < -0.4 is 4.74 Å². The zero-order valence-electron chi connectivity index (χ0n) is 13.9. The second-order valence-corrected chi connectivity index (χ2v) is 7.36. The predicted octanol–water partition coefficient (Wildman–Crippen LogP) is 2.78. The Hall–Kier alpha value is -2.18. The van der Waals surface area contributed by atoms with Crippen LogP contribution in [0, 0.1) is 0 Å². The number of carboxylic acids is 1. The predicted molar refractivity (Wildman–Crippen MR) is 93.9 cm³/mol. The highest BCUT2D eigenvalue weighted by Gasteiger charge is 2.27. The number of carboxylic acid groups (broad SMARTS) is 1. The SMILES string of the molecule is CCCc1cc2c(c(OCCO)c1)S(=O)c1ccc(C(=O)O)cc1C2. The van der Waals surface area contributed by atoms with E-state index >= 15 is 0 Å². The van der Waals surface area contributed by atoms with E-state index in [1.54, 1.807) is 12.1 Å². The summed E-state index contributed by atoms with van der Waals surface area (Å²) in [5, 5.41) is 18.2. The van der Waals surface area contributed by atoms with Crippen LogP contribution in [0.2, 0.25) is 0 Å². The van der Waals surface area contributed by atoms with E-state index in [0.29, 0.717) is 22.0 Å². The summed E-state index contributed by atoms with van der Waals surface area (Å²) in [6.45, 7) is 2.11. The van der Waals surface area contributed by atoms with Crippen LogP contribution in [0.1, 0.15) is 40.4 Å². The zero-order chi connectivity index (χ0) is 18.0. The molecule has 0 amide bonds. The van der Waals surface area contributed by atoms with Crippen LogP contribution in [-0.4, -0.2) is 33.6 Å². The molecule has 0 fully saturated rings. The fraction of sp³-hybridized carbons (Fsp3) is 0.316. The van der Waals surface area contributed by atoms with Crippen molar-refractivity contribution in [3.05, 3.63) is 52.6 Å². The molecule has 0 aromatic heterocycles. The molecular formula is C19H20O5S. The van der Waals surface area contributed by atoms with Crippen molar-refractivity contribution in [2.75, 3.05) is 13.2 Å². The van der Waals surface area contributed by atoms with Gasteiger partial charge in [-0.2, -0.15) is 0 Å². The Morgan fingerprint density at radius 3 is 2.72 bits per heavy atom. The third kappa shape index (κ3) is 3.45. The van der Waals surface area contributed by atoms with E-state index in [1.807, 2.05) is 12.1 Å². The van der Waals surface area contributed by atoms with Gasteiger partial charge in [0, 0.05) is 11.3 Å². The van der Waals surface area contributed by atoms with Gasteiger partial charge in [0.1, 0.15) is 12.4 Å². The maximum absolute atomic E-state index is 13.1. The van der Waals surface area contributed by atoms with Crippen LogP contribution in [0.3, 0.4) is 0 Å². The van der Waals surface area contributed by atoms with Crippen LogP contribution in [0.15, 0.2) is 40.1 Å². The van der Waals surface area contributed by atoms with E-state index in [0.717, 1.165) is 29.5 Å². The molecule has 1 aliphatic rings. The summed E-state index contributed by atoms with van der Waals surface area (Å²) in [5.41, 5.74) is 2.95. The van der Waals surface area contributed by atoms with E-state index in [2.05, 4.69) is 6.92 Å². The van der Waals surface area contributed by atoms with Crippen molar-refractivity contribution in [1.29, 1.82) is 0 Å². The second-order valence-electron chi connectivity index (χ2n) is 5.98. The molecule has 1 atom stereocenters. The van der Waals surface area contributed by atoms with Crippen LogP contribution in [0.5, 0.6) is 5.75 Å². The molecule has 2 aromatic rings. The molecule has 0 spiro atoms. The zero-order valence-corrected chi connectivity index (χ0v) is 14.8. The fourth-order valence-corrected chi connectivity index (χ4v) is 4.56. The Morgan fingerprint density at radius 2 is 2.04 bits per heavy atom. The Kier molecular flexibility index (Phi) is 5.20. The monoisotopic (exact) mass is 360 g/mol. The summed E-state index contributed by atoms with van der Waals surface area (Å²) in [5.74, 6) is -0.452. The molecule has 0 saturated heterocycles. The standard InChI is InChI=1S/C19H20O5S/c1-2-3-12-8-15-11-14-10-13(19(21)22)4-5-17(14)25(23)18(15)16(9-12)24-7-6-20/h4-5,8-10,20H,2-3,6-7,11H2,1H3,(H,21,22). The van der Waals surface area contributed by atoms with E-state index < -0.39 is 16.8 Å². The van der Waals surface area contributed by atoms with Crippen molar-refractivity contribution in [3.8, 4) is 5.75 Å². The Balaban J connectivity index is 2.10. The first kappa shape index (κ1) is 17.6. The quantitative estimate of drug-likeness (QED) is 0.706. The van der Waals surface area contributed by atoms with Gasteiger partial charge in [0.15, 0.2) is 0 Å². The largest absolute Gasteiger partial charge is 0.490 e. The lowest BCUT2D eigenvalue weighted by Crippen LogP contribution is -2.14. The number of aliphatic hydroxyl groups excluding tert-OH is 1. The summed E-state index contributed by atoms with van der Waals surface area (Å²) < 4.78 is 18.7. The van der Waals surface area contributed by atoms with Crippen LogP contribution in [0.4, 0.5) is 0 Å². The smallest absolute Gasteiger partial charge is 0.335 e. The molecule has 2 aromatic carbocycles. The molecular weight excluding hydrogens is 340 g/mol. The third-order valence-corrected chi connectivity index (χ3v) is 5.78. The van der Waals surface area contributed by atoms with E-state index in [9.17, 15) is 14.1 Å². The first-order chi connectivity index (χ1) is 12.0. The Bertz CT molecular complexity index is 844. The van der Waals surface area contributed by atoms with Crippen molar-refractivity contribution in [1.82, 2.24) is 0 Å². The lowest BCUT2D eigenvalue weighted by Gasteiger charge is -2.23. The fourth-order valence-electron chi connectivity index (χ4n) is 3.11. The molecule has 5 nitrogen and oxygen atoms in total. The minimum absolute atomic E-state index is 0.113. The minimum atomic E-state index is -1.44. The average Bonchev–Trinajstić information content (AvgIpc) is 2.59. The first-order valence-corrected chi connectivity index (χ1v) is 9.37. The van der Waals surface area contributed by atoms with Crippen molar-refractivity contribution in [2.45, 2.75) is 36.0 Å². The number of rotatable bonds is 6. The highest BCUT2D eigenvalue weighted by molar-refractivity contribution is 7.85. The molecule has 6 heteroatoms. The van der Waals surface area contributed by atoms with Crippen molar-refractivity contribution < 1.29 is 24.0 Å². The van der Waals surface area contributed by atoms with Crippen LogP contribution >= 0.6 is 0 Å². The Morgan fingerprint density at radius 1 is 1.24 bits per heavy atom. The van der Waals surface area contributed by atoms with Gasteiger partial charge in [-0.3, -0.25) is 0 Å². The first-order valence-electron chi connectivity index (χ1n) is 8.22. The summed E-state index contributed by atoms with van der Waals surface area (Å²) >= 11 is 0. The highest BCUT2D eigenvalue weighted by Crippen LogP contribution is 2.38. The van der Waals surface area contributed by atoms with E-state index in [-0.39, 0.29) is 18.8 Å². The lowest BCUT2D eigenvalue weighted by atomic mass is 9.98. The number of hydrogen-bond acceptors (Lipinski definition) is 4. The second kappa shape index (κ2) is 7.37. The number of ether oxygens (including phenoxy) is 1. The van der Waals surface area contributed by atoms with Gasteiger partial charge in [0.2, 0.25) is 0 Å². The minimum Gasteiger partial charge on any atom is -0.490 e. The number of fused-ring (bicyclic) bond motifs is 2. The summed E-state index contributed by atoms with van der Waals surface area (Å²) in [4.78, 5) is 12.5. The molecule has 132 valence electrons. The summed E-state index contributed by atoms with van der Waals surface area (Å²) in [7, 11) is -1.44. The molecule has 1 aliphatic heterocycles. The molecule has 0 bridgehead atoms. The van der Waals surface area contributed by atoms with Crippen LogP contribution in [-0.2, 0) is 23.6 Å².